The minimum absolute atomic E-state index is 0.0465. The fourth-order valence-electron chi connectivity index (χ4n) is 2.18. The second-order valence-corrected chi connectivity index (χ2v) is 4.60. The van der Waals surface area contributed by atoms with Gasteiger partial charge < -0.3 is 10.1 Å². The maximum atomic E-state index is 13.9. The van der Waals surface area contributed by atoms with Crippen LogP contribution < -0.4 is 10.1 Å². The van der Waals surface area contributed by atoms with Gasteiger partial charge in [-0.15, -0.1) is 0 Å². The van der Waals surface area contributed by atoms with Gasteiger partial charge in [-0.1, -0.05) is 13.0 Å². The van der Waals surface area contributed by atoms with E-state index in [0.29, 0.717) is 13.0 Å². The van der Waals surface area contributed by atoms with Crippen LogP contribution in [0.3, 0.4) is 0 Å². The molecule has 0 aromatic heterocycles. The van der Waals surface area contributed by atoms with Gasteiger partial charge >= 0.3 is 0 Å². The first-order valence-electron chi connectivity index (χ1n) is 5.82. The number of piperidine rings is 1. The summed E-state index contributed by atoms with van der Waals surface area (Å²) in [5.74, 6) is -2.12. The second-order valence-electron chi connectivity index (χ2n) is 4.60. The van der Waals surface area contributed by atoms with E-state index in [1.807, 2.05) is 6.92 Å². The van der Waals surface area contributed by atoms with Crippen molar-refractivity contribution in [2.75, 3.05) is 13.7 Å². The Labute approximate surface area is 104 Å². The van der Waals surface area contributed by atoms with E-state index < -0.39 is 17.7 Å². The first kappa shape index (κ1) is 13.0. The predicted octanol–water partition coefficient (Wildman–Crippen LogP) is 2.21. The van der Waals surface area contributed by atoms with Crippen LogP contribution in [0.1, 0.15) is 24.9 Å². The topological polar surface area (TPSA) is 38.3 Å². The molecular weight excluding hydrogens is 240 g/mol. The maximum absolute atomic E-state index is 13.9. The number of rotatable bonds is 2. The molecule has 0 bridgehead atoms. The Morgan fingerprint density at radius 2 is 2.06 bits per heavy atom. The molecule has 0 spiro atoms. The molecule has 1 aromatic rings. The summed E-state index contributed by atoms with van der Waals surface area (Å²) in [5, 5.41) is 2.94. The van der Waals surface area contributed by atoms with Crippen LogP contribution >= 0.6 is 0 Å². The molecule has 1 aliphatic rings. The van der Waals surface area contributed by atoms with Gasteiger partial charge in [0.25, 0.3) is 0 Å². The number of Topliss-reactive ketones (excluding diaryl/α,β-unsaturated/α-hetero) is 1. The lowest BCUT2D eigenvalue weighted by molar-refractivity contribution is -0.123. The van der Waals surface area contributed by atoms with E-state index in [4.69, 9.17) is 4.74 Å². The normalized spacial score (nSPS) is 24.1. The molecule has 5 heteroatoms. The van der Waals surface area contributed by atoms with Gasteiger partial charge in [-0.05, 0) is 18.5 Å². The van der Waals surface area contributed by atoms with E-state index in [1.54, 1.807) is 0 Å². The molecule has 0 saturated carbocycles. The molecule has 0 radical (unpaired) electrons. The average molecular weight is 255 g/mol. The zero-order chi connectivity index (χ0) is 13.3. The molecule has 1 saturated heterocycles. The van der Waals surface area contributed by atoms with Gasteiger partial charge in [0.2, 0.25) is 5.82 Å². The Morgan fingerprint density at radius 1 is 1.33 bits per heavy atom. The van der Waals surface area contributed by atoms with Crippen LogP contribution in [0.4, 0.5) is 8.78 Å². The van der Waals surface area contributed by atoms with E-state index in [1.165, 1.54) is 19.2 Å². The smallest absolute Gasteiger partial charge is 0.200 e. The minimum Gasteiger partial charge on any atom is -0.494 e. The first-order chi connectivity index (χ1) is 8.54. The number of ketones is 1. The lowest BCUT2D eigenvalue weighted by Gasteiger charge is -2.27. The first-order valence-corrected chi connectivity index (χ1v) is 5.82. The van der Waals surface area contributed by atoms with Crippen molar-refractivity contribution in [3.8, 4) is 5.75 Å². The number of hydrogen-bond donors (Lipinski definition) is 1. The van der Waals surface area contributed by atoms with Crippen molar-refractivity contribution < 1.29 is 18.3 Å². The van der Waals surface area contributed by atoms with Crippen molar-refractivity contribution in [3.63, 3.8) is 0 Å². The summed E-state index contributed by atoms with van der Waals surface area (Å²) in [5.41, 5.74) is 0.0465. The van der Waals surface area contributed by atoms with Crippen molar-refractivity contribution in [1.29, 1.82) is 0 Å². The van der Waals surface area contributed by atoms with Crippen LogP contribution in [0.2, 0.25) is 0 Å². The standard InChI is InChI=1S/C13H15F2NO2/c1-7-5-9(17)13(16-6-7)8-3-4-10(18-2)12(15)11(8)14/h3-4,7,13,16H,5-6H2,1-2H3. The Balaban J connectivity index is 2.34. The van der Waals surface area contributed by atoms with Gasteiger partial charge in [-0.25, -0.2) is 4.39 Å². The Hall–Kier alpha value is -1.49. The van der Waals surface area contributed by atoms with E-state index in [-0.39, 0.29) is 23.0 Å². The van der Waals surface area contributed by atoms with Crippen molar-refractivity contribution in [3.05, 3.63) is 29.3 Å². The fraction of sp³-hybridized carbons (Fsp3) is 0.462. The van der Waals surface area contributed by atoms with Crippen molar-refractivity contribution in [1.82, 2.24) is 5.32 Å². The van der Waals surface area contributed by atoms with Gasteiger partial charge in [0, 0.05) is 12.0 Å². The third kappa shape index (κ3) is 2.22. The molecule has 18 heavy (non-hydrogen) atoms. The molecular formula is C13H15F2NO2. The van der Waals surface area contributed by atoms with E-state index in [9.17, 15) is 13.6 Å². The molecule has 1 heterocycles. The monoisotopic (exact) mass is 255 g/mol. The SMILES string of the molecule is COc1ccc(C2NCC(C)CC2=O)c(F)c1F. The van der Waals surface area contributed by atoms with E-state index in [2.05, 4.69) is 5.32 Å². The number of nitrogens with one attached hydrogen (secondary N) is 1. The van der Waals surface area contributed by atoms with Gasteiger partial charge in [0.1, 0.15) is 0 Å². The predicted molar refractivity (Wildman–Crippen MR) is 62.4 cm³/mol. The zero-order valence-electron chi connectivity index (χ0n) is 10.3. The second kappa shape index (κ2) is 5.02. The Morgan fingerprint density at radius 3 is 2.67 bits per heavy atom. The summed E-state index contributed by atoms with van der Waals surface area (Å²) >= 11 is 0. The van der Waals surface area contributed by atoms with Crippen LogP contribution in [-0.2, 0) is 4.79 Å². The number of hydrogen-bond acceptors (Lipinski definition) is 3. The molecule has 3 nitrogen and oxygen atoms in total. The summed E-state index contributed by atoms with van der Waals surface area (Å²) < 4.78 is 32.1. The highest BCUT2D eigenvalue weighted by Crippen LogP contribution is 2.29. The highest BCUT2D eigenvalue weighted by molar-refractivity contribution is 5.86. The quantitative estimate of drug-likeness (QED) is 0.880. The number of ether oxygens (including phenoxy) is 1. The van der Waals surface area contributed by atoms with Crippen LogP contribution in [0.25, 0.3) is 0 Å². The number of halogens is 2. The van der Waals surface area contributed by atoms with Gasteiger partial charge in [-0.3, -0.25) is 4.79 Å². The summed E-state index contributed by atoms with van der Waals surface area (Å²) in [6.45, 7) is 2.55. The van der Waals surface area contributed by atoms with Crippen molar-refractivity contribution >= 4 is 5.78 Å². The zero-order valence-corrected chi connectivity index (χ0v) is 10.3. The van der Waals surface area contributed by atoms with Gasteiger partial charge in [0.15, 0.2) is 17.3 Å². The summed E-state index contributed by atoms with van der Waals surface area (Å²) in [6, 6.07) is 1.96. The highest BCUT2D eigenvalue weighted by Gasteiger charge is 2.30. The molecule has 1 N–H and O–H groups in total. The Kier molecular flexibility index (Phi) is 3.61. The molecule has 2 unspecified atom stereocenters. The number of carbonyl (C=O) groups is 1. The molecule has 1 aromatic carbocycles. The van der Waals surface area contributed by atoms with Gasteiger partial charge in [-0.2, -0.15) is 4.39 Å². The van der Waals surface area contributed by atoms with Crippen LogP contribution in [0.15, 0.2) is 12.1 Å². The molecule has 1 fully saturated rings. The third-order valence-electron chi connectivity index (χ3n) is 3.15. The molecule has 1 aliphatic heterocycles. The van der Waals surface area contributed by atoms with E-state index >= 15 is 0 Å². The third-order valence-corrected chi connectivity index (χ3v) is 3.15. The summed E-state index contributed by atoms with van der Waals surface area (Å²) in [7, 11) is 1.27. The molecule has 0 amide bonds. The van der Waals surface area contributed by atoms with E-state index in [0.717, 1.165) is 0 Å². The summed E-state index contributed by atoms with van der Waals surface area (Å²) in [6.07, 6.45) is 0.380. The minimum atomic E-state index is -1.05. The highest BCUT2D eigenvalue weighted by atomic mass is 19.2. The fourth-order valence-corrected chi connectivity index (χ4v) is 2.18. The van der Waals surface area contributed by atoms with Crippen LogP contribution in [0, 0.1) is 17.6 Å². The van der Waals surface area contributed by atoms with Crippen LogP contribution in [0.5, 0.6) is 5.75 Å². The van der Waals surface area contributed by atoms with Crippen molar-refractivity contribution in [2.24, 2.45) is 5.92 Å². The maximum Gasteiger partial charge on any atom is 0.200 e. The van der Waals surface area contributed by atoms with Crippen LogP contribution in [-0.4, -0.2) is 19.4 Å². The number of carbonyl (C=O) groups excluding carboxylic acids is 1. The lowest BCUT2D eigenvalue weighted by Crippen LogP contribution is -2.39. The molecule has 2 atom stereocenters. The van der Waals surface area contributed by atoms with Crippen molar-refractivity contribution in [2.45, 2.75) is 19.4 Å². The number of benzene rings is 1. The molecule has 2 rings (SSSR count). The lowest BCUT2D eigenvalue weighted by atomic mass is 9.90. The summed E-state index contributed by atoms with van der Waals surface area (Å²) in [4.78, 5) is 11.8. The average Bonchev–Trinajstić information content (AvgIpc) is 2.34. The number of methoxy groups -OCH3 is 1. The molecule has 98 valence electrons. The van der Waals surface area contributed by atoms with Gasteiger partial charge in [0.05, 0.1) is 13.2 Å². The molecule has 0 aliphatic carbocycles. The Bertz CT molecular complexity index is 476. The largest absolute Gasteiger partial charge is 0.494 e.